The Labute approximate surface area is 172 Å². The van der Waals surface area contributed by atoms with Crippen molar-refractivity contribution in [3.63, 3.8) is 0 Å². The maximum Gasteiger partial charge on any atom is 0.573 e. The number of ether oxygens (including phenoxy) is 1. The van der Waals surface area contributed by atoms with Crippen LogP contribution in [0.4, 0.5) is 13.2 Å². The SMILES string of the molecule is O=C(c1ccc(OC(F)(F)F)cc1)N1C2CCC1CC(S(=O)(=O)c1ccccc1)C2. The summed E-state index contributed by atoms with van der Waals surface area (Å²) < 4.78 is 66.8. The third-order valence-electron chi connectivity index (χ3n) is 5.77. The second-order valence-electron chi connectivity index (χ2n) is 7.62. The Kier molecular flexibility index (Phi) is 5.25. The van der Waals surface area contributed by atoms with E-state index in [0.29, 0.717) is 25.7 Å². The summed E-state index contributed by atoms with van der Waals surface area (Å²) in [5.74, 6) is -0.689. The van der Waals surface area contributed by atoms with Gasteiger partial charge in [0.2, 0.25) is 0 Å². The highest BCUT2D eigenvalue weighted by molar-refractivity contribution is 7.92. The first kappa shape index (κ1) is 20.7. The molecule has 0 radical (unpaired) electrons. The zero-order valence-electron chi connectivity index (χ0n) is 15.9. The molecular weight excluding hydrogens is 419 g/mol. The quantitative estimate of drug-likeness (QED) is 0.717. The number of piperidine rings is 1. The van der Waals surface area contributed by atoms with Crippen molar-refractivity contribution in [2.24, 2.45) is 0 Å². The summed E-state index contributed by atoms with van der Waals surface area (Å²) in [7, 11) is -3.49. The molecule has 2 aromatic carbocycles. The van der Waals surface area contributed by atoms with Gasteiger partial charge in [-0.1, -0.05) is 18.2 Å². The van der Waals surface area contributed by atoms with Gasteiger partial charge in [0.25, 0.3) is 5.91 Å². The highest BCUT2D eigenvalue weighted by atomic mass is 32.2. The van der Waals surface area contributed by atoms with Gasteiger partial charge in [-0.3, -0.25) is 4.79 Å². The van der Waals surface area contributed by atoms with Crippen molar-refractivity contribution in [1.82, 2.24) is 4.90 Å². The Bertz CT molecular complexity index is 1010. The van der Waals surface area contributed by atoms with Crippen LogP contribution in [0, 0.1) is 0 Å². The lowest BCUT2D eigenvalue weighted by Gasteiger charge is -2.38. The molecule has 2 heterocycles. The van der Waals surface area contributed by atoms with Crippen LogP contribution in [0.25, 0.3) is 0 Å². The Balaban J connectivity index is 1.49. The molecule has 0 spiro atoms. The molecule has 0 aromatic heterocycles. The standard InChI is InChI=1S/C21H20F3NO4S/c22-21(23,24)29-17-10-6-14(7-11-17)20(26)25-15-8-9-16(25)13-19(12-15)30(27,28)18-4-2-1-3-5-18/h1-7,10-11,15-16,19H,8-9,12-13H2. The number of hydrogen-bond donors (Lipinski definition) is 0. The van der Waals surface area contributed by atoms with E-state index in [4.69, 9.17) is 0 Å². The summed E-state index contributed by atoms with van der Waals surface area (Å²) in [5, 5.41) is -0.552. The van der Waals surface area contributed by atoms with Crippen molar-refractivity contribution in [2.45, 2.75) is 54.3 Å². The number of fused-ring (bicyclic) bond motifs is 2. The zero-order chi connectivity index (χ0) is 21.5. The Morgan fingerprint density at radius 2 is 1.50 bits per heavy atom. The van der Waals surface area contributed by atoms with Gasteiger partial charge in [-0.15, -0.1) is 13.2 Å². The molecule has 2 atom stereocenters. The predicted molar refractivity (Wildman–Crippen MR) is 103 cm³/mol. The molecule has 2 aliphatic rings. The molecule has 2 aliphatic heterocycles. The molecule has 1 amide bonds. The minimum Gasteiger partial charge on any atom is -0.406 e. The van der Waals surface area contributed by atoms with Gasteiger partial charge >= 0.3 is 6.36 Å². The summed E-state index contributed by atoms with van der Waals surface area (Å²) in [6.45, 7) is 0. The molecule has 0 aliphatic carbocycles. The van der Waals surface area contributed by atoms with Gasteiger partial charge in [0.1, 0.15) is 5.75 Å². The fraction of sp³-hybridized carbons (Fsp3) is 0.381. The van der Waals surface area contributed by atoms with Crippen LogP contribution in [0.2, 0.25) is 0 Å². The van der Waals surface area contributed by atoms with Crippen LogP contribution >= 0.6 is 0 Å². The number of halogens is 3. The molecule has 9 heteroatoms. The van der Waals surface area contributed by atoms with E-state index in [2.05, 4.69) is 4.74 Å². The van der Waals surface area contributed by atoms with Crippen molar-refractivity contribution in [1.29, 1.82) is 0 Å². The average molecular weight is 439 g/mol. The molecular formula is C21H20F3NO4S. The van der Waals surface area contributed by atoms with E-state index in [9.17, 15) is 26.4 Å². The van der Waals surface area contributed by atoms with E-state index < -0.39 is 27.2 Å². The van der Waals surface area contributed by atoms with Crippen molar-refractivity contribution in [3.05, 3.63) is 60.2 Å². The van der Waals surface area contributed by atoms with Crippen LogP contribution in [-0.4, -0.2) is 42.9 Å². The molecule has 2 unspecified atom stereocenters. The van der Waals surface area contributed by atoms with E-state index >= 15 is 0 Å². The number of hydrogen-bond acceptors (Lipinski definition) is 4. The minimum absolute atomic E-state index is 0.203. The molecule has 2 saturated heterocycles. The fourth-order valence-electron chi connectivity index (χ4n) is 4.46. The summed E-state index contributed by atoms with van der Waals surface area (Å²) in [6, 6.07) is 12.7. The monoisotopic (exact) mass is 439 g/mol. The average Bonchev–Trinajstić information content (AvgIpc) is 2.96. The number of alkyl halides is 3. The molecule has 0 saturated carbocycles. The third kappa shape index (κ3) is 4.03. The van der Waals surface area contributed by atoms with Crippen molar-refractivity contribution < 1.29 is 31.1 Å². The van der Waals surface area contributed by atoms with Gasteiger partial charge in [0.15, 0.2) is 9.84 Å². The van der Waals surface area contributed by atoms with Crippen molar-refractivity contribution in [3.8, 4) is 5.75 Å². The lowest BCUT2D eigenvalue weighted by Crippen LogP contribution is -2.49. The van der Waals surface area contributed by atoms with Crippen LogP contribution in [0.15, 0.2) is 59.5 Å². The molecule has 30 heavy (non-hydrogen) atoms. The normalized spacial score (nSPS) is 24.0. The lowest BCUT2D eigenvalue weighted by molar-refractivity contribution is -0.274. The van der Waals surface area contributed by atoms with Crippen LogP contribution in [0.5, 0.6) is 5.75 Å². The van der Waals surface area contributed by atoms with E-state index in [1.807, 2.05) is 0 Å². The number of carbonyl (C=O) groups is 1. The van der Waals surface area contributed by atoms with Crippen molar-refractivity contribution >= 4 is 15.7 Å². The molecule has 0 N–H and O–H groups in total. The lowest BCUT2D eigenvalue weighted by atomic mass is 10.0. The summed E-state index contributed by atoms with van der Waals surface area (Å²) in [6.07, 6.45) is -2.65. The molecule has 2 fully saturated rings. The van der Waals surface area contributed by atoms with Crippen LogP contribution in [0.3, 0.4) is 0 Å². The molecule has 2 bridgehead atoms. The predicted octanol–water partition coefficient (Wildman–Crippen LogP) is 4.19. The maximum absolute atomic E-state index is 13.0. The second-order valence-corrected chi connectivity index (χ2v) is 9.85. The zero-order valence-corrected chi connectivity index (χ0v) is 16.7. The number of sulfone groups is 1. The van der Waals surface area contributed by atoms with E-state index in [1.54, 1.807) is 35.2 Å². The summed E-state index contributed by atoms with van der Waals surface area (Å²) in [5.41, 5.74) is 0.255. The van der Waals surface area contributed by atoms with Crippen molar-refractivity contribution in [2.75, 3.05) is 0 Å². The number of nitrogens with zero attached hydrogens (tertiary/aromatic N) is 1. The molecule has 2 aromatic rings. The van der Waals surface area contributed by atoms with Gasteiger partial charge in [0, 0.05) is 17.6 Å². The van der Waals surface area contributed by atoms with E-state index in [-0.39, 0.29) is 28.4 Å². The number of rotatable bonds is 4. The maximum atomic E-state index is 13.0. The van der Waals surface area contributed by atoms with Crippen LogP contribution < -0.4 is 4.74 Å². The summed E-state index contributed by atoms with van der Waals surface area (Å²) >= 11 is 0. The fourth-order valence-corrected chi connectivity index (χ4v) is 6.34. The van der Waals surface area contributed by atoms with Gasteiger partial charge < -0.3 is 9.64 Å². The van der Waals surface area contributed by atoms with Gasteiger partial charge in [-0.05, 0) is 62.1 Å². The minimum atomic E-state index is -4.79. The largest absolute Gasteiger partial charge is 0.573 e. The first-order valence-corrected chi connectivity index (χ1v) is 11.2. The van der Waals surface area contributed by atoms with Crippen LogP contribution in [-0.2, 0) is 9.84 Å². The Morgan fingerprint density at radius 3 is 2.03 bits per heavy atom. The number of benzene rings is 2. The van der Waals surface area contributed by atoms with E-state index in [1.165, 1.54) is 12.1 Å². The first-order chi connectivity index (χ1) is 14.1. The first-order valence-electron chi connectivity index (χ1n) is 9.62. The smallest absolute Gasteiger partial charge is 0.406 e. The number of carbonyl (C=O) groups excluding carboxylic acids is 1. The Morgan fingerprint density at radius 1 is 0.933 bits per heavy atom. The highest BCUT2D eigenvalue weighted by Crippen LogP contribution is 2.40. The molecule has 160 valence electrons. The van der Waals surface area contributed by atoms with E-state index in [0.717, 1.165) is 12.1 Å². The highest BCUT2D eigenvalue weighted by Gasteiger charge is 2.47. The van der Waals surface area contributed by atoms with Crippen LogP contribution in [0.1, 0.15) is 36.0 Å². The Hall–Kier alpha value is -2.55. The molecule has 5 nitrogen and oxygen atoms in total. The van der Waals surface area contributed by atoms with Gasteiger partial charge in [0.05, 0.1) is 10.1 Å². The van der Waals surface area contributed by atoms with Gasteiger partial charge in [-0.2, -0.15) is 0 Å². The summed E-state index contributed by atoms with van der Waals surface area (Å²) in [4.78, 5) is 15.0. The topological polar surface area (TPSA) is 63.7 Å². The third-order valence-corrected chi connectivity index (χ3v) is 7.96. The van der Waals surface area contributed by atoms with Gasteiger partial charge in [-0.25, -0.2) is 8.42 Å². The number of amides is 1. The molecule has 4 rings (SSSR count). The second kappa shape index (κ2) is 7.61.